The zero-order chi connectivity index (χ0) is 11.1. The lowest BCUT2D eigenvalue weighted by atomic mass is 10.2. The Hall–Kier alpha value is -1.58. The molecule has 0 atom stereocenters. The predicted molar refractivity (Wildman–Crippen MR) is 64.5 cm³/mol. The summed E-state index contributed by atoms with van der Waals surface area (Å²) in [7, 11) is 1.93. The quantitative estimate of drug-likeness (QED) is 0.854. The van der Waals surface area contributed by atoms with Gasteiger partial charge in [0.2, 0.25) is 0 Å². The molecule has 0 amide bonds. The first-order valence-corrected chi connectivity index (χ1v) is 5.77. The van der Waals surface area contributed by atoms with Crippen LogP contribution in [0.5, 0.6) is 0 Å². The fourth-order valence-electron chi connectivity index (χ4n) is 1.99. The van der Waals surface area contributed by atoms with Crippen LogP contribution in [0.25, 0.3) is 11.0 Å². The van der Waals surface area contributed by atoms with Crippen LogP contribution in [0.4, 0.5) is 5.69 Å². The zero-order valence-corrected chi connectivity index (χ0v) is 9.70. The van der Waals surface area contributed by atoms with E-state index in [1.165, 1.54) is 12.8 Å². The number of anilines is 1. The molecule has 4 nitrogen and oxygen atoms in total. The third-order valence-corrected chi connectivity index (χ3v) is 3.15. The van der Waals surface area contributed by atoms with Crippen molar-refractivity contribution < 1.29 is 0 Å². The standard InChI is InChI=1S/C12H16N4/c1-8-11-5-10(13-6-9-3-4-9)7-14-12(11)16(2)15-8/h5,7,9,13H,3-4,6H2,1-2H3. The molecule has 0 spiro atoms. The maximum absolute atomic E-state index is 4.44. The molecule has 1 saturated carbocycles. The van der Waals surface area contributed by atoms with Crippen LogP contribution in [-0.4, -0.2) is 21.3 Å². The van der Waals surface area contributed by atoms with Gasteiger partial charge in [0.15, 0.2) is 5.65 Å². The van der Waals surface area contributed by atoms with Crippen LogP contribution in [0.1, 0.15) is 18.5 Å². The van der Waals surface area contributed by atoms with E-state index in [-0.39, 0.29) is 0 Å². The zero-order valence-electron chi connectivity index (χ0n) is 9.70. The van der Waals surface area contributed by atoms with Crippen molar-refractivity contribution in [3.05, 3.63) is 18.0 Å². The van der Waals surface area contributed by atoms with Gasteiger partial charge < -0.3 is 5.32 Å². The van der Waals surface area contributed by atoms with Gasteiger partial charge in [-0.1, -0.05) is 0 Å². The Morgan fingerprint density at radius 1 is 1.50 bits per heavy atom. The predicted octanol–water partition coefficient (Wildman–Crippen LogP) is 2.10. The minimum atomic E-state index is 0.880. The number of hydrogen-bond donors (Lipinski definition) is 1. The van der Waals surface area contributed by atoms with Crippen LogP contribution in [0.2, 0.25) is 0 Å². The second-order valence-electron chi connectivity index (χ2n) is 4.63. The Kier molecular flexibility index (Phi) is 2.09. The molecule has 1 N–H and O–H groups in total. The number of rotatable bonds is 3. The van der Waals surface area contributed by atoms with Crippen molar-refractivity contribution in [1.29, 1.82) is 0 Å². The smallest absolute Gasteiger partial charge is 0.157 e. The summed E-state index contributed by atoms with van der Waals surface area (Å²) in [5.41, 5.74) is 3.10. The van der Waals surface area contributed by atoms with Crippen LogP contribution in [0.15, 0.2) is 12.3 Å². The van der Waals surface area contributed by atoms with Gasteiger partial charge in [0, 0.05) is 19.0 Å². The van der Waals surface area contributed by atoms with Gasteiger partial charge in [-0.3, -0.25) is 4.68 Å². The highest BCUT2D eigenvalue weighted by Crippen LogP contribution is 2.29. The maximum atomic E-state index is 4.44. The maximum Gasteiger partial charge on any atom is 0.157 e. The molecule has 0 unspecified atom stereocenters. The van der Waals surface area contributed by atoms with E-state index < -0.39 is 0 Å². The lowest BCUT2D eigenvalue weighted by Gasteiger charge is -2.04. The van der Waals surface area contributed by atoms with E-state index in [0.29, 0.717) is 0 Å². The lowest BCUT2D eigenvalue weighted by Crippen LogP contribution is -2.03. The van der Waals surface area contributed by atoms with E-state index in [1.54, 1.807) is 0 Å². The number of nitrogens with zero attached hydrogens (tertiary/aromatic N) is 3. The van der Waals surface area contributed by atoms with E-state index in [2.05, 4.69) is 21.5 Å². The van der Waals surface area contributed by atoms with Crippen molar-refractivity contribution >= 4 is 16.7 Å². The first-order chi connectivity index (χ1) is 7.74. The number of nitrogens with one attached hydrogen (secondary N) is 1. The molecule has 0 radical (unpaired) electrons. The van der Waals surface area contributed by atoms with Gasteiger partial charge in [-0.15, -0.1) is 0 Å². The highest BCUT2D eigenvalue weighted by molar-refractivity contribution is 5.81. The van der Waals surface area contributed by atoms with E-state index in [9.17, 15) is 0 Å². The minimum Gasteiger partial charge on any atom is -0.384 e. The van der Waals surface area contributed by atoms with Crippen LogP contribution < -0.4 is 5.32 Å². The number of hydrogen-bond acceptors (Lipinski definition) is 3. The van der Waals surface area contributed by atoms with Gasteiger partial charge in [0.1, 0.15) is 0 Å². The Morgan fingerprint density at radius 2 is 2.31 bits per heavy atom. The van der Waals surface area contributed by atoms with Crippen molar-refractivity contribution in [3.63, 3.8) is 0 Å². The number of aromatic nitrogens is 3. The van der Waals surface area contributed by atoms with E-state index >= 15 is 0 Å². The van der Waals surface area contributed by atoms with Crippen LogP contribution in [-0.2, 0) is 7.05 Å². The van der Waals surface area contributed by atoms with Gasteiger partial charge >= 0.3 is 0 Å². The highest BCUT2D eigenvalue weighted by atomic mass is 15.3. The molecule has 3 rings (SSSR count). The van der Waals surface area contributed by atoms with Gasteiger partial charge in [-0.2, -0.15) is 5.10 Å². The van der Waals surface area contributed by atoms with E-state index in [4.69, 9.17) is 0 Å². The summed E-state index contributed by atoms with van der Waals surface area (Å²) in [6, 6.07) is 2.15. The van der Waals surface area contributed by atoms with E-state index in [0.717, 1.165) is 34.9 Å². The van der Waals surface area contributed by atoms with Gasteiger partial charge in [0.25, 0.3) is 0 Å². The summed E-state index contributed by atoms with van der Waals surface area (Å²) < 4.78 is 1.83. The Labute approximate surface area is 94.7 Å². The van der Waals surface area contributed by atoms with E-state index in [1.807, 2.05) is 24.9 Å². The lowest BCUT2D eigenvalue weighted by molar-refractivity contribution is 0.774. The average molecular weight is 216 g/mol. The Balaban J connectivity index is 1.91. The molecule has 0 aromatic carbocycles. The number of fused-ring (bicyclic) bond motifs is 1. The molecule has 0 saturated heterocycles. The average Bonchev–Trinajstić information content (AvgIpc) is 3.05. The summed E-state index contributed by atoms with van der Waals surface area (Å²) in [6.07, 6.45) is 4.63. The monoisotopic (exact) mass is 216 g/mol. The van der Waals surface area contributed by atoms with Crippen molar-refractivity contribution in [3.8, 4) is 0 Å². The van der Waals surface area contributed by atoms with Crippen LogP contribution >= 0.6 is 0 Å². The highest BCUT2D eigenvalue weighted by Gasteiger charge is 2.20. The molecule has 0 bridgehead atoms. The normalized spacial score (nSPS) is 15.6. The third-order valence-electron chi connectivity index (χ3n) is 3.15. The number of pyridine rings is 1. The largest absolute Gasteiger partial charge is 0.384 e. The Bertz CT molecular complexity index is 525. The summed E-state index contributed by atoms with van der Waals surface area (Å²) in [4.78, 5) is 4.44. The van der Waals surface area contributed by atoms with Crippen molar-refractivity contribution in [1.82, 2.24) is 14.8 Å². The molecular formula is C12H16N4. The third kappa shape index (κ3) is 1.64. The molecular weight excluding hydrogens is 200 g/mol. The SMILES string of the molecule is Cc1nn(C)c2ncc(NCC3CC3)cc12. The first-order valence-electron chi connectivity index (χ1n) is 5.77. The van der Waals surface area contributed by atoms with Crippen molar-refractivity contribution in [2.45, 2.75) is 19.8 Å². The molecule has 4 heteroatoms. The van der Waals surface area contributed by atoms with Crippen molar-refractivity contribution in [2.75, 3.05) is 11.9 Å². The van der Waals surface area contributed by atoms with Crippen LogP contribution in [0.3, 0.4) is 0 Å². The number of aryl methyl sites for hydroxylation is 2. The van der Waals surface area contributed by atoms with Gasteiger partial charge in [-0.05, 0) is 31.7 Å². The van der Waals surface area contributed by atoms with Gasteiger partial charge in [0.05, 0.1) is 17.6 Å². The molecule has 1 fully saturated rings. The first kappa shape index (κ1) is 9.63. The molecule has 2 aromatic rings. The second kappa shape index (κ2) is 3.47. The summed E-state index contributed by atoms with van der Waals surface area (Å²) in [5, 5.41) is 8.94. The summed E-state index contributed by atoms with van der Waals surface area (Å²) in [5.74, 6) is 0.880. The molecule has 1 aliphatic rings. The molecule has 2 aromatic heterocycles. The minimum absolute atomic E-state index is 0.880. The molecule has 2 heterocycles. The molecule has 0 aliphatic heterocycles. The fraction of sp³-hybridized carbons (Fsp3) is 0.500. The van der Waals surface area contributed by atoms with Crippen molar-refractivity contribution in [2.24, 2.45) is 13.0 Å². The van der Waals surface area contributed by atoms with Gasteiger partial charge in [-0.25, -0.2) is 4.98 Å². The molecule has 84 valence electrons. The topological polar surface area (TPSA) is 42.7 Å². The Morgan fingerprint density at radius 3 is 3.06 bits per heavy atom. The summed E-state index contributed by atoms with van der Waals surface area (Å²) in [6.45, 7) is 3.10. The molecule has 1 aliphatic carbocycles. The molecule has 16 heavy (non-hydrogen) atoms. The summed E-state index contributed by atoms with van der Waals surface area (Å²) >= 11 is 0. The van der Waals surface area contributed by atoms with Crippen LogP contribution in [0, 0.1) is 12.8 Å². The fourth-order valence-corrected chi connectivity index (χ4v) is 1.99. The second-order valence-corrected chi connectivity index (χ2v) is 4.63.